The fraction of sp³-hybridized carbons (Fsp3) is 0.438. The fourth-order valence-electron chi connectivity index (χ4n) is 5.52. The first-order valence-electron chi connectivity index (χ1n) is 14.6. The summed E-state index contributed by atoms with van der Waals surface area (Å²) in [5.74, 6) is -1.58. The van der Waals surface area contributed by atoms with Crippen molar-refractivity contribution in [2.45, 2.75) is 82.3 Å². The molecule has 0 radical (unpaired) electrons. The average molecular weight is 577 g/mol. The number of urea groups is 1. The molecule has 41 heavy (non-hydrogen) atoms. The van der Waals surface area contributed by atoms with Crippen molar-refractivity contribution in [3.8, 4) is 0 Å². The Morgan fingerprint density at radius 3 is 2.02 bits per heavy atom. The average Bonchev–Trinajstić information content (AvgIpc) is 3.01. The monoisotopic (exact) mass is 576 g/mol. The van der Waals surface area contributed by atoms with Gasteiger partial charge in [0.1, 0.15) is 11.7 Å². The maximum absolute atomic E-state index is 13.9. The largest absolute Gasteiger partial charge is 0.338 e. The molecule has 2 fully saturated rings. The van der Waals surface area contributed by atoms with Crippen molar-refractivity contribution in [2.24, 2.45) is 0 Å². The highest BCUT2D eigenvalue weighted by atomic mass is 32.1. The van der Waals surface area contributed by atoms with Crippen LogP contribution in [0.4, 0.5) is 4.79 Å². The Morgan fingerprint density at radius 2 is 1.41 bits per heavy atom. The van der Waals surface area contributed by atoms with Crippen molar-refractivity contribution < 1.29 is 19.2 Å². The van der Waals surface area contributed by atoms with Crippen LogP contribution in [0.5, 0.6) is 0 Å². The predicted octanol–water partition coefficient (Wildman–Crippen LogP) is 5.08. The number of nitrogens with zero attached hydrogens (tertiary/aromatic N) is 1. The van der Waals surface area contributed by atoms with Crippen LogP contribution in [0, 0.1) is 0 Å². The lowest BCUT2D eigenvalue weighted by atomic mass is 9.93. The first kappa shape index (κ1) is 30.4. The first-order valence-corrected chi connectivity index (χ1v) is 15.3. The van der Waals surface area contributed by atoms with E-state index in [9.17, 15) is 19.2 Å². The second-order valence-electron chi connectivity index (χ2n) is 10.8. The molecule has 218 valence electrons. The maximum atomic E-state index is 13.9. The molecule has 2 aromatic carbocycles. The number of hydrogen-bond donors (Lipinski definition) is 4. The summed E-state index contributed by atoms with van der Waals surface area (Å²) >= 11 is 4.38. The molecule has 0 aromatic heterocycles. The number of hydrogen-bond acceptors (Lipinski definition) is 5. The molecule has 9 heteroatoms. The van der Waals surface area contributed by atoms with Gasteiger partial charge in [-0.3, -0.25) is 19.3 Å². The smallest absolute Gasteiger partial charge is 0.324 e. The third kappa shape index (κ3) is 8.70. The van der Waals surface area contributed by atoms with Crippen LogP contribution in [-0.2, 0) is 9.59 Å². The minimum absolute atomic E-state index is 0.00422. The number of rotatable bonds is 9. The summed E-state index contributed by atoms with van der Waals surface area (Å²) in [4.78, 5) is 55.3. The van der Waals surface area contributed by atoms with Crippen LogP contribution in [0.2, 0.25) is 0 Å². The lowest BCUT2D eigenvalue weighted by Crippen LogP contribution is -2.59. The topological polar surface area (TPSA) is 108 Å². The van der Waals surface area contributed by atoms with E-state index in [1.807, 2.05) is 30.3 Å². The van der Waals surface area contributed by atoms with E-state index in [1.165, 1.54) is 4.90 Å². The van der Waals surface area contributed by atoms with Crippen LogP contribution in [-0.4, -0.2) is 52.5 Å². The van der Waals surface area contributed by atoms with Gasteiger partial charge in [0.05, 0.1) is 0 Å². The lowest BCUT2D eigenvalue weighted by Gasteiger charge is -2.36. The number of amides is 5. The normalized spacial score (nSPS) is 17.2. The van der Waals surface area contributed by atoms with Crippen molar-refractivity contribution in [2.75, 3.05) is 5.75 Å². The minimum atomic E-state index is -1.06. The quantitative estimate of drug-likeness (QED) is 0.247. The molecule has 2 aliphatic carbocycles. The van der Waals surface area contributed by atoms with E-state index in [-0.39, 0.29) is 23.5 Å². The molecule has 0 spiro atoms. The molecule has 0 saturated heterocycles. The summed E-state index contributed by atoms with van der Waals surface area (Å²) in [7, 11) is 0. The summed E-state index contributed by atoms with van der Waals surface area (Å²) in [5, 5.41) is 8.54. The van der Waals surface area contributed by atoms with Gasteiger partial charge in [-0.1, -0.05) is 87.1 Å². The molecule has 0 bridgehead atoms. The fourth-order valence-corrected chi connectivity index (χ4v) is 5.77. The van der Waals surface area contributed by atoms with Gasteiger partial charge in [-0.25, -0.2) is 4.79 Å². The molecule has 0 heterocycles. The highest BCUT2D eigenvalue weighted by Gasteiger charge is 2.36. The van der Waals surface area contributed by atoms with Gasteiger partial charge in [0.25, 0.3) is 17.7 Å². The molecule has 1 atom stereocenters. The molecule has 4 rings (SSSR count). The van der Waals surface area contributed by atoms with Crippen LogP contribution in [0.15, 0.2) is 66.4 Å². The summed E-state index contributed by atoms with van der Waals surface area (Å²) in [6, 6.07) is 16.1. The number of thiol groups is 1. The molecule has 5 amide bonds. The Labute approximate surface area is 247 Å². The molecular weight excluding hydrogens is 536 g/mol. The van der Waals surface area contributed by atoms with Crippen molar-refractivity contribution in [1.82, 2.24) is 20.9 Å². The van der Waals surface area contributed by atoms with Crippen molar-refractivity contribution in [3.05, 3.63) is 77.5 Å². The van der Waals surface area contributed by atoms with Crippen LogP contribution in [0.25, 0.3) is 6.08 Å². The SMILES string of the molecule is O=C(NC(CS)C(=O)N(C(=O)NC1CCCCC1)C1CCCCC1)/C(=C\c1ccccc1)NC(=O)c1ccccc1. The summed E-state index contributed by atoms with van der Waals surface area (Å²) < 4.78 is 0. The van der Waals surface area contributed by atoms with Crippen LogP contribution in [0.3, 0.4) is 0 Å². The molecule has 2 saturated carbocycles. The van der Waals surface area contributed by atoms with E-state index < -0.39 is 29.8 Å². The van der Waals surface area contributed by atoms with Crippen LogP contribution >= 0.6 is 12.6 Å². The second-order valence-corrected chi connectivity index (χ2v) is 11.1. The Balaban J connectivity index is 1.54. The Bertz CT molecular complexity index is 1210. The van der Waals surface area contributed by atoms with E-state index in [1.54, 1.807) is 36.4 Å². The van der Waals surface area contributed by atoms with Crippen molar-refractivity contribution in [3.63, 3.8) is 0 Å². The van der Waals surface area contributed by atoms with Gasteiger partial charge < -0.3 is 16.0 Å². The molecule has 3 N–H and O–H groups in total. The number of imide groups is 1. The van der Waals surface area contributed by atoms with Gasteiger partial charge >= 0.3 is 6.03 Å². The van der Waals surface area contributed by atoms with Gasteiger partial charge in [0.2, 0.25) is 0 Å². The van der Waals surface area contributed by atoms with Gasteiger partial charge in [0.15, 0.2) is 0 Å². The minimum Gasteiger partial charge on any atom is -0.338 e. The third-order valence-corrected chi connectivity index (χ3v) is 8.12. The second kappa shape index (κ2) is 15.4. The zero-order valence-electron chi connectivity index (χ0n) is 23.4. The van der Waals surface area contributed by atoms with Crippen LogP contribution in [0.1, 0.15) is 80.1 Å². The van der Waals surface area contributed by atoms with Crippen molar-refractivity contribution in [1.29, 1.82) is 0 Å². The molecule has 0 aliphatic heterocycles. The highest BCUT2D eigenvalue weighted by Crippen LogP contribution is 2.25. The van der Waals surface area contributed by atoms with Gasteiger partial charge in [-0.2, -0.15) is 12.6 Å². The van der Waals surface area contributed by atoms with Gasteiger partial charge in [-0.15, -0.1) is 0 Å². The number of nitrogens with one attached hydrogen (secondary N) is 3. The number of carbonyl (C=O) groups excluding carboxylic acids is 4. The van der Waals surface area contributed by atoms with Gasteiger partial charge in [-0.05, 0) is 49.5 Å². The Morgan fingerprint density at radius 1 is 0.829 bits per heavy atom. The number of carbonyl (C=O) groups is 4. The molecular formula is C32H40N4O4S. The van der Waals surface area contributed by atoms with Crippen LogP contribution < -0.4 is 16.0 Å². The van der Waals surface area contributed by atoms with E-state index >= 15 is 0 Å². The lowest BCUT2D eigenvalue weighted by molar-refractivity contribution is -0.134. The zero-order chi connectivity index (χ0) is 29.0. The van der Waals surface area contributed by atoms with E-state index in [2.05, 4.69) is 28.6 Å². The Hall–Kier alpha value is -3.59. The summed E-state index contributed by atoms with van der Waals surface area (Å²) in [5.41, 5.74) is 1.08. The standard InChI is InChI=1S/C32H40N4O4S/c37-29(24-15-7-2-8-16-24)34-27(21-23-13-5-1-6-14-23)30(38)35-28(22-41)31(39)36(26-19-11-4-12-20-26)32(40)33-25-17-9-3-10-18-25/h1-2,5-8,13-16,21,25-26,28,41H,3-4,9-12,17-20,22H2,(H,33,40)(H,34,37)(H,35,38)/b27-21+. The zero-order valence-corrected chi connectivity index (χ0v) is 24.3. The van der Waals surface area contributed by atoms with E-state index in [0.29, 0.717) is 11.1 Å². The molecule has 2 aliphatic rings. The third-order valence-electron chi connectivity index (χ3n) is 7.75. The van der Waals surface area contributed by atoms with Gasteiger partial charge in [0, 0.05) is 23.4 Å². The highest BCUT2D eigenvalue weighted by molar-refractivity contribution is 7.80. The maximum Gasteiger partial charge on any atom is 0.324 e. The molecule has 1 unspecified atom stereocenters. The molecule has 8 nitrogen and oxygen atoms in total. The predicted molar refractivity (Wildman–Crippen MR) is 163 cm³/mol. The Kier molecular flexibility index (Phi) is 11.4. The summed E-state index contributed by atoms with van der Waals surface area (Å²) in [6.07, 6.45) is 11.1. The van der Waals surface area contributed by atoms with E-state index in [4.69, 9.17) is 0 Å². The number of benzene rings is 2. The molecule has 2 aromatic rings. The first-order chi connectivity index (χ1) is 20.0. The van der Waals surface area contributed by atoms with Crippen molar-refractivity contribution >= 4 is 42.5 Å². The summed E-state index contributed by atoms with van der Waals surface area (Å²) in [6.45, 7) is 0. The van der Waals surface area contributed by atoms with E-state index in [0.717, 1.165) is 64.2 Å².